The van der Waals surface area contributed by atoms with Gasteiger partial charge >= 0.3 is 5.97 Å². The van der Waals surface area contributed by atoms with Gasteiger partial charge in [-0.3, -0.25) is 4.89 Å². The Morgan fingerprint density at radius 2 is 1.80 bits per heavy atom. The minimum atomic E-state index is -0.526. The molecule has 0 N–H and O–H groups in total. The van der Waals surface area contributed by atoms with Gasteiger partial charge < -0.3 is 9.47 Å². The fourth-order valence-corrected chi connectivity index (χ4v) is 1.44. The Hall–Kier alpha value is -1.59. The van der Waals surface area contributed by atoms with Gasteiger partial charge in [-0.1, -0.05) is 13.3 Å². The molecule has 0 radical (unpaired) electrons. The van der Waals surface area contributed by atoms with Crippen LogP contribution in [-0.4, -0.2) is 32.4 Å². The molecule has 0 fully saturated rings. The molecule has 0 atom stereocenters. The Morgan fingerprint density at radius 1 is 1.05 bits per heavy atom. The van der Waals surface area contributed by atoms with Crippen molar-refractivity contribution in [1.82, 2.24) is 0 Å². The van der Waals surface area contributed by atoms with E-state index in [1.807, 2.05) is 6.92 Å². The minimum absolute atomic E-state index is 0.229. The van der Waals surface area contributed by atoms with Crippen molar-refractivity contribution in [1.29, 1.82) is 0 Å². The van der Waals surface area contributed by atoms with Crippen LogP contribution < -0.4 is 4.74 Å². The molecule has 0 unspecified atom stereocenters. The third-order valence-electron chi connectivity index (χ3n) is 2.49. The number of hydrogen-bond donors (Lipinski definition) is 0. The second-order valence-corrected chi connectivity index (χ2v) is 4.12. The van der Waals surface area contributed by atoms with E-state index in [1.54, 1.807) is 24.3 Å². The van der Waals surface area contributed by atoms with Crippen LogP contribution in [0.1, 0.15) is 37.0 Å². The molecular weight excluding hydrogens is 260 g/mol. The average molecular weight is 282 g/mol. The molecular formula is C15H22O5. The third-order valence-corrected chi connectivity index (χ3v) is 2.49. The summed E-state index contributed by atoms with van der Waals surface area (Å²) in [5.41, 5.74) is 0.417. The van der Waals surface area contributed by atoms with Gasteiger partial charge in [-0.25, -0.2) is 4.79 Å². The number of unbranched alkanes of at least 4 members (excludes halogenated alkanes) is 1. The first kappa shape index (κ1) is 16.5. The zero-order valence-corrected chi connectivity index (χ0v) is 12.1. The fourth-order valence-electron chi connectivity index (χ4n) is 1.44. The number of ether oxygens (including phenoxy) is 2. The van der Waals surface area contributed by atoms with E-state index < -0.39 is 5.97 Å². The molecule has 0 bridgehead atoms. The Labute approximate surface area is 119 Å². The standard InChI is InChI=1S/C15H22O5/c1-3-5-10-17-11-12-19-20-15(16)13-6-8-14(9-7-13)18-4-2/h6-9H,3-5,10-12H2,1-2H3. The Kier molecular flexibility index (Phi) is 8.42. The lowest BCUT2D eigenvalue weighted by atomic mass is 10.2. The van der Waals surface area contributed by atoms with Crippen molar-refractivity contribution in [2.45, 2.75) is 26.7 Å². The van der Waals surface area contributed by atoms with Gasteiger partial charge in [-0.05, 0) is 37.6 Å². The molecule has 0 spiro atoms. The minimum Gasteiger partial charge on any atom is -0.494 e. The maximum absolute atomic E-state index is 11.6. The maximum atomic E-state index is 11.6. The van der Waals surface area contributed by atoms with Crippen LogP contribution in [0.15, 0.2) is 24.3 Å². The molecule has 1 rings (SSSR count). The van der Waals surface area contributed by atoms with Crippen molar-refractivity contribution in [2.24, 2.45) is 0 Å². The number of hydrogen-bond acceptors (Lipinski definition) is 5. The van der Waals surface area contributed by atoms with E-state index in [1.165, 1.54) is 0 Å². The first-order chi connectivity index (χ1) is 9.77. The van der Waals surface area contributed by atoms with Crippen LogP contribution in [0.5, 0.6) is 5.75 Å². The summed E-state index contributed by atoms with van der Waals surface area (Å²) < 4.78 is 10.6. The lowest BCUT2D eigenvalue weighted by molar-refractivity contribution is -0.247. The predicted molar refractivity (Wildman–Crippen MR) is 74.7 cm³/mol. The summed E-state index contributed by atoms with van der Waals surface area (Å²) in [6.07, 6.45) is 2.11. The first-order valence-electron chi connectivity index (χ1n) is 6.92. The maximum Gasteiger partial charge on any atom is 0.373 e. The first-order valence-corrected chi connectivity index (χ1v) is 6.92. The molecule has 0 saturated carbocycles. The number of carbonyl (C=O) groups is 1. The summed E-state index contributed by atoms with van der Waals surface area (Å²) in [5.74, 6) is 0.191. The van der Waals surface area contributed by atoms with Crippen molar-refractivity contribution < 1.29 is 24.0 Å². The lowest BCUT2D eigenvalue weighted by Gasteiger charge is -2.06. The van der Waals surface area contributed by atoms with E-state index in [9.17, 15) is 4.79 Å². The van der Waals surface area contributed by atoms with Gasteiger partial charge in [0, 0.05) is 6.61 Å². The monoisotopic (exact) mass is 282 g/mol. The SMILES string of the molecule is CCCCOCCOOC(=O)c1ccc(OCC)cc1. The van der Waals surface area contributed by atoms with Crippen LogP contribution in [0, 0.1) is 0 Å². The van der Waals surface area contributed by atoms with Crippen LogP contribution >= 0.6 is 0 Å². The largest absolute Gasteiger partial charge is 0.494 e. The highest BCUT2D eigenvalue weighted by molar-refractivity contribution is 5.89. The van der Waals surface area contributed by atoms with Crippen molar-refractivity contribution >= 4 is 5.97 Å². The van der Waals surface area contributed by atoms with Gasteiger partial charge in [0.15, 0.2) is 0 Å². The molecule has 0 aliphatic carbocycles. The van der Waals surface area contributed by atoms with Crippen LogP contribution in [0.4, 0.5) is 0 Å². The van der Waals surface area contributed by atoms with Gasteiger partial charge in [0.05, 0.1) is 18.8 Å². The summed E-state index contributed by atoms with van der Waals surface area (Å²) in [7, 11) is 0. The van der Waals surface area contributed by atoms with E-state index in [2.05, 4.69) is 11.8 Å². The molecule has 1 aromatic carbocycles. The molecule has 0 amide bonds. The van der Waals surface area contributed by atoms with E-state index >= 15 is 0 Å². The summed E-state index contributed by atoms with van der Waals surface area (Å²) in [4.78, 5) is 21.1. The van der Waals surface area contributed by atoms with E-state index in [0.717, 1.165) is 12.8 Å². The molecule has 0 heterocycles. The highest BCUT2D eigenvalue weighted by Crippen LogP contribution is 2.12. The Morgan fingerprint density at radius 3 is 2.45 bits per heavy atom. The van der Waals surface area contributed by atoms with Gasteiger partial charge in [0.1, 0.15) is 12.4 Å². The molecule has 5 heteroatoms. The van der Waals surface area contributed by atoms with E-state index in [-0.39, 0.29) is 6.61 Å². The molecule has 1 aromatic rings. The van der Waals surface area contributed by atoms with Crippen molar-refractivity contribution in [2.75, 3.05) is 26.4 Å². The topological polar surface area (TPSA) is 54.0 Å². The van der Waals surface area contributed by atoms with Gasteiger partial charge in [0.2, 0.25) is 0 Å². The quantitative estimate of drug-likeness (QED) is 0.375. The van der Waals surface area contributed by atoms with Crippen molar-refractivity contribution in [3.05, 3.63) is 29.8 Å². The summed E-state index contributed by atoms with van der Waals surface area (Å²) in [6, 6.07) is 6.70. The molecule has 0 aliphatic heterocycles. The third kappa shape index (κ3) is 6.54. The normalized spacial score (nSPS) is 10.3. The highest BCUT2D eigenvalue weighted by Gasteiger charge is 2.08. The van der Waals surface area contributed by atoms with Gasteiger partial charge in [-0.2, -0.15) is 4.89 Å². The van der Waals surface area contributed by atoms with Crippen LogP contribution in [0.3, 0.4) is 0 Å². The van der Waals surface area contributed by atoms with Crippen LogP contribution in [0.25, 0.3) is 0 Å². The second kappa shape index (κ2) is 10.2. The van der Waals surface area contributed by atoms with Crippen molar-refractivity contribution in [3.8, 4) is 5.75 Å². The molecule has 0 aliphatic rings. The zero-order valence-electron chi connectivity index (χ0n) is 12.1. The second-order valence-electron chi connectivity index (χ2n) is 4.12. The van der Waals surface area contributed by atoms with Gasteiger partial charge in [-0.15, -0.1) is 0 Å². The average Bonchev–Trinajstić information content (AvgIpc) is 2.47. The molecule has 112 valence electrons. The molecule has 5 nitrogen and oxygen atoms in total. The smallest absolute Gasteiger partial charge is 0.373 e. The van der Waals surface area contributed by atoms with Crippen LogP contribution in [-0.2, 0) is 14.5 Å². The summed E-state index contributed by atoms with van der Waals surface area (Å²) in [5, 5.41) is 0. The molecule has 0 saturated heterocycles. The number of rotatable bonds is 10. The lowest BCUT2D eigenvalue weighted by Crippen LogP contribution is -2.10. The Balaban J connectivity index is 2.18. The molecule has 20 heavy (non-hydrogen) atoms. The van der Waals surface area contributed by atoms with E-state index in [0.29, 0.717) is 31.1 Å². The number of carbonyl (C=O) groups excluding carboxylic acids is 1. The summed E-state index contributed by atoms with van der Waals surface area (Å²) in [6.45, 7) is 5.93. The van der Waals surface area contributed by atoms with Crippen LogP contribution in [0.2, 0.25) is 0 Å². The highest BCUT2D eigenvalue weighted by atomic mass is 17.2. The number of benzene rings is 1. The fraction of sp³-hybridized carbons (Fsp3) is 0.533. The Bertz CT molecular complexity index is 374. The van der Waals surface area contributed by atoms with Gasteiger partial charge in [0.25, 0.3) is 0 Å². The predicted octanol–water partition coefficient (Wildman–Crippen LogP) is 2.99. The van der Waals surface area contributed by atoms with Crippen molar-refractivity contribution in [3.63, 3.8) is 0 Å². The zero-order chi connectivity index (χ0) is 14.6. The molecule has 0 aromatic heterocycles. The summed E-state index contributed by atoms with van der Waals surface area (Å²) >= 11 is 0. The van der Waals surface area contributed by atoms with E-state index in [4.69, 9.17) is 14.4 Å².